The second-order valence-corrected chi connectivity index (χ2v) is 9.55. The van der Waals surface area contributed by atoms with Gasteiger partial charge in [0.05, 0.1) is 28.8 Å². The van der Waals surface area contributed by atoms with E-state index < -0.39 is 51.7 Å². The Kier molecular flexibility index (Phi) is 7.72. The molecule has 2 aromatic rings. The fourth-order valence-electron chi connectivity index (χ4n) is 4.19. The number of oxime groups is 2. The van der Waals surface area contributed by atoms with Crippen LogP contribution in [0.15, 0.2) is 40.6 Å². The summed E-state index contributed by atoms with van der Waals surface area (Å²) in [6.07, 6.45) is -6.27. The lowest BCUT2D eigenvalue weighted by atomic mass is 9.86. The van der Waals surface area contributed by atoms with Gasteiger partial charge in [0.1, 0.15) is 6.10 Å². The van der Waals surface area contributed by atoms with Gasteiger partial charge in [-0.05, 0) is 43.2 Å². The highest BCUT2D eigenvalue weighted by Crippen LogP contribution is 2.50. The van der Waals surface area contributed by atoms with E-state index in [9.17, 15) is 27.2 Å². The number of ether oxygens (including phenoxy) is 1. The fraction of sp³-hybridized carbons (Fsp3) is 0.360. The summed E-state index contributed by atoms with van der Waals surface area (Å²) in [4.78, 5) is 34.8. The first-order valence-electron chi connectivity index (χ1n) is 11.4. The molecule has 7 nitrogen and oxygen atoms in total. The third-order valence-corrected chi connectivity index (χ3v) is 6.70. The van der Waals surface area contributed by atoms with Crippen molar-refractivity contribution in [2.45, 2.75) is 51.0 Å². The Balaban J connectivity index is 1.51. The van der Waals surface area contributed by atoms with Crippen molar-refractivity contribution in [2.24, 2.45) is 10.3 Å². The highest BCUT2D eigenvalue weighted by atomic mass is 35.5. The van der Waals surface area contributed by atoms with E-state index in [1.54, 1.807) is 13.8 Å². The Labute approximate surface area is 224 Å². The highest BCUT2D eigenvalue weighted by Gasteiger charge is 2.62. The van der Waals surface area contributed by atoms with Crippen LogP contribution in [0.5, 0.6) is 0 Å². The molecule has 2 aromatic carbocycles. The zero-order valence-corrected chi connectivity index (χ0v) is 21.5. The summed E-state index contributed by atoms with van der Waals surface area (Å²) in [5.74, 6) is -1.96. The highest BCUT2D eigenvalue weighted by molar-refractivity contribution is 6.36. The summed E-state index contributed by atoms with van der Waals surface area (Å²) in [7, 11) is 0. The maximum absolute atomic E-state index is 14.2. The monoisotopic (exact) mass is 574 g/mol. The molecule has 0 saturated heterocycles. The minimum atomic E-state index is -4.94. The normalized spacial score (nSPS) is 20.9. The number of Topliss-reactive ketones (excluding diaryl/α,β-unsaturated/α-hetero) is 1. The minimum Gasteiger partial charge on any atom is -0.461 e. The van der Waals surface area contributed by atoms with Crippen LogP contribution in [-0.4, -0.2) is 42.1 Å². The van der Waals surface area contributed by atoms with Gasteiger partial charge in [-0.25, -0.2) is 9.18 Å². The molecule has 0 N–H and O–H groups in total. The lowest BCUT2D eigenvalue weighted by Gasteiger charge is -2.29. The third kappa shape index (κ3) is 5.22. The standard InChI is InChI=1S/C25H20Cl2F4N2O5/c1-3-36-23(35)19-9-15(37-32-19)10-21(34)16-5-4-13(6-12(16)2)20-11-24(38-33-20,25(29,30)31)14-7-17(26)22(28)18(27)8-14/h4-8,15H,3,9-11H2,1-2H3/t15?,24-/m0/s1. The first kappa shape index (κ1) is 27.8. The number of esters is 1. The average molecular weight is 575 g/mol. The first-order chi connectivity index (χ1) is 17.9. The van der Waals surface area contributed by atoms with Gasteiger partial charge in [-0.15, -0.1) is 0 Å². The quantitative estimate of drug-likeness (QED) is 0.167. The van der Waals surface area contributed by atoms with E-state index in [-0.39, 0.29) is 36.7 Å². The molecule has 2 heterocycles. The number of rotatable bonds is 7. The van der Waals surface area contributed by atoms with Crippen LogP contribution in [0.2, 0.25) is 10.0 Å². The first-order valence-corrected chi connectivity index (χ1v) is 12.1. The molecule has 0 amide bonds. The zero-order valence-electron chi connectivity index (χ0n) is 20.0. The fourth-order valence-corrected chi connectivity index (χ4v) is 4.68. The molecule has 4 rings (SSSR count). The van der Waals surface area contributed by atoms with Crippen LogP contribution in [0.25, 0.3) is 0 Å². The number of halogens is 6. The molecule has 2 aliphatic rings. The van der Waals surface area contributed by atoms with Gasteiger partial charge in [0, 0.05) is 24.0 Å². The van der Waals surface area contributed by atoms with Gasteiger partial charge in [0.25, 0.3) is 5.60 Å². The molecule has 202 valence electrons. The van der Waals surface area contributed by atoms with Crippen molar-refractivity contribution >= 4 is 46.4 Å². The van der Waals surface area contributed by atoms with E-state index in [2.05, 4.69) is 10.3 Å². The molecule has 2 atom stereocenters. The number of hydrogen-bond acceptors (Lipinski definition) is 7. The summed E-state index contributed by atoms with van der Waals surface area (Å²) in [6, 6.07) is 6.06. The number of alkyl halides is 3. The van der Waals surface area contributed by atoms with Crippen molar-refractivity contribution < 1.29 is 41.6 Å². The van der Waals surface area contributed by atoms with Gasteiger partial charge in [-0.2, -0.15) is 13.2 Å². The van der Waals surface area contributed by atoms with Crippen molar-refractivity contribution in [1.29, 1.82) is 0 Å². The Morgan fingerprint density at radius 1 is 1.16 bits per heavy atom. The van der Waals surface area contributed by atoms with Gasteiger partial charge in [0.15, 0.2) is 17.3 Å². The summed E-state index contributed by atoms with van der Waals surface area (Å²) in [6.45, 7) is 3.46. The zero-order chi connectivity index (χ0) is 27.8. The Morgan fingerprint density at radius 2 is 1.84 bits per heavy atom. The molecular formula is C25H20Cl2F4N2O5. The van der Waals surface area contributed by atoms with Crippen LogP contribution >= 0.6 is 23.2 Å². The van der Waals surface area contributed by atoms with E-state index >= 15 is 0 Å². The van der Waals surface area contributed by atoms with Crippen molar-refractivity contribution in [3.63, 3.8) is 0 Å². The molecule has 0 bridgehead atoms. The van der Waals surface area contributed by atoms with Crippen LogP contribution in [-0.2, 0) is 24.8 Å². The number of ketones is 1. The van der Waals surface area contributed by atoms with E-state index in [0.717, 1.165) is 12.1 Å². The molecule has 13 heteroatoms. The molecule has 1 unspecified atom stereocenters. The van der Waals surface area contributed by atoms with Gasteiger partial charge < -0.3 is 14.4 Å². The summed E-state index contributed by atoms with van der Waals surface area (Å²) in [5, 5.41) is 6.18. The molecule has 2 aliphatic heterocycles. The maximum atomic E-state index is 14.2. The predicted molar refractivity (Wildman–Crippen MR) is 130 cm³/mol. The summed E-state index contributed by atoms with van der Waals surface area (Å²) >= 11 is 11.5. The molecule has 0 radical (unpaired) electrons. The molecule has 0 aliphatic carbocycles. The molecule has 38 heavy (non-hydrogen) atoms. The number of carbonyl (C=O) groups is 2. The van der Waals surface area contributed by atoms with Crippen molar-refractivity contribution in [1.82, 2.24) is 0 Å². The van der Waals surface area contributed by atoms with Crippen LogP contribution in [0.4, 0.5) is 17.6 Å². The molecule has 0 aromatic heterocycles. The molecule has 0 spiro atoms. The van der Waals surface area contributed by atoms with Crippen molar-refractivity contribution in [3.8, 4) is 0 Å². The minimum absolute atomic E-state index is 0.0346. The van der Waals surface area contributed by atoms with E-state index in [0.29, 0.717) is 16.7 Å². The number of hydrogen-bond donors (Lipinski definition) is 0. The second kappa shape index (κ2) is 10.5. The smallest absolute Gasteiger partial charge is 0.435 e. The largest absolute Gasteiger partial charge is 0.461 e. The number of nitrogens with zero attached hydrogens (tertiary/aromatic N) is 2. The lowest BCUT2D eigenvalue weighted by molar-refractivity contribution is -0.275. The van der Waals surface area contributed by atoms with Gasteiger partial charge >= 0.3 is 12.1 Å². The Bertz CT molecular complexity index is 1340. The molecular weight excluding hydrogens is 555 g/mol. The number of benzene rings is 2. The number of aryl methyl sites for hydroxylation is 1. The topological polar surface area (TPSA) is 86.6 Å². The Hall–Kier alpha value is -3.18. The molecule has 0 fully saturated rings. The van der Waals surface area contributed by atoms with Crippen LogP contribution in [0, 0.1) is 12.7 Å². The van der Waals surface area contributed by atoms with Crippen molar-refractivity contribution in [2.75, 3.05) is 6.61 Å². The van der Waals surface area contributed by atoms with Crippen molar-refractivity contribution in [3.05, 3.63) is 68.4 Å². The van der Waals surface area contributed by atoms with Gasteiger partial charge in [-0.1, -0.05) is 45.6 Å². The van der Waals surface area contributed by atoms with Crippen LogP contribution < -0.4 is 0 Å². The maximum Gasteiger partial charge on any atom is 0.435 e. The predicted octanol–water partition coefficient (Wildman–Crippen LogP) is 6.30. The van der Waals surface area contributed by atoms with Gasteiger partial charge in [0.2, 0.25) is 0 Å². The van der Waals surface area contributed by atoms with E-state index in [1.165, 1.54) is 18.2 Å². The lowest BCUT2D eigenvalue weighted by Crippen LogP contribution is -2.42. The number of carbonyl (C=O) groups excluding carboxylic acids is 2. The third-order valence-electron chi connectivity index (χ3n) is 6.15. The second-order valence-electron chi connectivity index (χ2n) is 8.73. The van der Waals surface area contributed by atoms with Gasteiger partial charge in [-0.3, -0.25) is 4.79 Å². The SMILES string of the molecule is CCOC(=O)C1=NOC(CC(=O)c2ccc(C3=NO[C@@](c4cc(Cl)c(F)c(Cl)c4)(C(F)(F)F)C3)cc2C)C1. The van der Waals surface area contributed by atoms with E-state index in [4.69, 9.17) is 37.6 Å². The van der Waals surface area contributed by atoms with Crippen LogP contribution in [0.1, 0.15) is 53.2 Å². The van der Waals surface area contributed by atoms with Crippen LogP contribution in [0.3, 0.4) is 0 Å². The average Bonchev–Trinajstić information content (AvgIpc) is 3.50. The summed E-state index contributed by atoms with van der Waals surface area (Å²) < 4.78 is 61.4. The molecule has 0 saturated carbocycles. The summed E-state index contributed by atoms with van der Waals surface area (Å²) in [5.41, 5.74) is -2.26. The Morgan fingerprint density at radius 3 is 2.45 bits per heavy atom. The van der Waals surface area contributed by atoms with E-state index in [1.807, 2.05) is 0 Å².